The van der Waals surface area contributed by atoms with Gasteiger partial charge in [-0.3, -0.25) is 4.98 Å². The van der Waals surface area contributed by atoms with Crippen LogP contribution in [0.4, 0.5) is 0 Å². The van der Waals surface area contributed by atoms with Crippen molar-refractivity contribution in [3.05, 3.63) is 59.2 Å². The Bertz CT molecular complexity index is 895. The molecule has 136 valence electrons. The van der Waals surface area contributed by atoms with Gasteiger partial charge in [0.1, 0.15) is 5.82 Å². The number of rotatable bonds is 4. The number of H-pyrrole nitrogens is 1. The van der Waals surface area contributed by atoms with Crippen LogP contribution in [0.5, 0.6) is 0 Å². The third kappa shape index (κ3) is 3.24. The van der Waals surface area contributed by atoms with Crippen LogP contribution < -0.4 is 0 Å². The van der Waals surface area contributed by atoms with Crippen molar-refractivity contribution < 1.29 is 5.11 Å². The number of aryl methyl sites for hydroxylation is 2. The molecule has 1 saturated heterocycles. The van der Waals surface area contributed by atoms with Crippen LogP contribution in [0.15, 0.2) is 36.7 Å². The second-order valence-electron chi connectivity index (χ2n) is 7.45. The van der Waals surface area contributed by atoms with Crippen molar-refractivity contribution in [2.45, 2.75) is 38.7 Å². The van der Waals surface area contributed by atoms with Gasteiger partial charge in [-0.1, -0.05) is 12.1 Å². The first kappa shape index (κ1) is 17.2. The average Bonchev–Trinajstić information content (AvgIpc) is 3.09. The van der Waals surface area contributed by atoms with Gasteiger partial charge in [0.05, 0.1) is 16.6 Å². The van der Waals surface area contributed by atoms with Crippen LogP contribution in [0, 0.1) is 13.8 Å². The van der Waals surface area contributed by atoms with Crippen LogP contribution in [0.1, 0.15) is 35.4 Å². The SMILES string of the molecule is Cc1ccc2[nH]c(CCN3CCC(O)(c4cccnc4)CC3)nc2c1C. The van der Waals surface area contributed by atoms with Gasteiger partial charge in [0.15, 0.2) is 0 Å². The molecule has 26 heavy (non-hydrogen) atoms. The highest BCUT2D eigenvalue weighted by Gasteiger charge is 2.33. The number of fused-ring (bicyclic) bond motifs is 1. The zero-order valence-electron chi connectivity index (χ0n) is 15.5. The molecule has 1 aliphatic rings. The van der Waals surface area contributed by atoms with E-state index in [4.69, 9.17) is 4.98 Å². The Hall–Kier alpha value is -2.24. The molecule has 1 fully saturated rings. The molecular weight excluding hydrogens is 324 g/mol. The lowest BCUT2D eigenvalue weighted by atomic mass is 9.85. The monoisotopic (exact) mass is 350 g/mol. The Kier molecular flexibility index (Phi) is 4.51. The summed E-state index contributed by atoms with van der Waals surface area (Å²) in [4.78, 5) is 14.8. The van der Waals surface area contributed by atoms with Gasteiger partial charge in [-0.15, -0.1) is 0 Å². The van der Waals surface area contributed by atoms with Crippen molar-refractivity contribution in [2.24, 2.45) is 0 Å². The molecule has 0 spiro atoms. The van der Waals surface area contributed by atoms with E-state index in [1.54, 1.807) is 12.4 Å². The zero-order chi connectivity index (χ0) is 18.1. The second-order valence-corrected chi connectivity index (χ2v) is 7.45. The number of imidazole rings is 1. The van der Waals surface area contributed by atoms with Crippen molar-refractivity contribution in [2.75, 3.05) is 19.6 Å². The number of nitrogens with one attached hydrogen (secondary N) is 1. The lowest BCUT2D eigenvalue weighted by Crippen LogP contribution is -2.43. The Balaban J connectivity index is 1.37. The summed E-state index contributed by atoms with van der Waals surface area (Å²) in [5, 5.41) is 10.9. The first-order valence-electron chi connectivity index (χ1n) is 9.35. The normalized spacial score (nSPS) is 17.7. The molecule has 0 aliphatic carbocycles. The highest BCUT2D eigenvalue weighted by Crippen LogP contribution is 2.32. The predicted octanol–water partition coefficient (Wildman–Crippen LogP) is 3.10. The van der Waals surface area contributed by atoms with Gasteiger partial charge in [0.25, 0.3) is 0 Å². The lowest BCUT2D eigenvalue weighted by Gasteiger charge is -2.38. The Labute approximate surface area is 154 Å². The fourth-order valence-electron chi connectivity index (χ4n) is 3.82. The minimum atomic E-state index is -0.737. The average molecular weight is 350 g/mol. The van der Waals surface area contributed by atoms with Gasteiger partial charge in [0.2, 0.25) is 0 Å². The summed E-state index contributed by atoms with van der Waals surface area (Å²) in [6.07, 6.45) is 5.93. The largest absolute Gasteiger partial charge is 0.385 e. The molecule has 0 saturated carbocycles. The fraction of sp³-hybridized carbons (Fsp3) is 0.429. The molecule has 5 heteroatoms. The maximum absolute atomic E-state index is 10.9. The topological polar surface area (TPSA) is 65.0 Å². The van der Waals surface area contributed by atoms with Gasteiger partial charge < -0.3 is 15.0 Å². The number of hydrogen-bond donors (Lipinski definition) is 2. The maximum Gasteiger partial charge on any atom is 0.108 e. The summed E-state index contributed by atoms with van der Waals surface area (Å²) < 4.78 is 0. The maximum atomic E-state index is 10.9. The van der Waals surface area contributed by atoms with Crippen LogP contribution in [0.25, 0.3) is 11.0 Å². The highest BCUT2D eigenvalue weighted by molar-refractivity contribution is 5.79. The molecule has 0 unspecified atom stereocenters. The number of aliphatic hydroxyl groups is 1. The zero-order valence-corrected chi connectivity index (χ0v) is 15.5. The minimum Gasteiger partial charge on any atom is -0.385 e. The predicted molar refractivity (Wildman–Crippen MR) is 103 cm³/mol. The van der Waals surface area contributed by atoms with E-state index in [1.807, 2.05) is 12.1 Å². The van der Waals surface area contributed by atoms with Crippen molar-refractivity contribution in [1.29, 1.82) is 0 Å². The van der Waals surface area contributed by atoms with E-state index in [-0.39, 0.29) is 0 Å². The summed E-state index contributed by atoms with van der Waals surface area (Å²) in [5.41, 5.74) is 4.93. The number of piperidine rings is 1. The van der Waals surface area contributed by atoms with E-state index in [0.717, 1.165) is 61.3 Å². The molecule has 0 bridgehead atoms. The molecule has 4 rings (SSSR count). The number of aromatic nitrogens is 3. The molecular formula is C21H26N4O. The Morgan fingerprint density at radius 3 is 2.73 bits per heavy atom. The summed E-state index contributed by atoms with van der Waals surface area (Å²) in [5.74, 6) is 1.04. The molecule has 5 nitrogen and oxygen atoms in total. The molecule has 3 heterocycles. The summed E-state index contributed by atoms with van der Waals surface area (Å²) in [7, 11) is 0. The fourth-order valence-corrected chi connectivity index (χ4v) is 3.82. The van der Waals surface area contributed by atoms with Crippen molar-refractivity contribution in [1.82, 2.24) is 19.9 Å². The van der Waals surface area contributed by atoms with Gasteiger partial charge in [0, 0.05) is 44.0 Å². The van der Waals surface area contributed by atoms with Gasteiger partial charge in [-0.25, -0.2) is 4.98 Å². The van der Waals surface area contributed by atoms with Crippen molar-refractivity contribution in [3.8, 4) is 0 Å². The molecule has 1 aromatic carbocycles. The molecule has 0 amide bonds. The summed E-state index contributed by atoms with van der Waals surface area (Å²) in [6, 6.07) is 8.12. The number of likely N-dealkylation sites (tertiary alicyclic amines) is 1. The van der Waals surface area contributed by atoms with Crippen molar-refractivity contribution >= 4 is 11.0 Å². The molecule has 3 aromatic rings. The number of benzene rings is 1. The third-order valence-electron chi connectivity index (χ3n) is 5.77. The molecule has 1 aliphatic heterocycles. The highest BCUT2D eigenvalue weighted by atomic mass is 16.3. The minimum absolute atomic E-state index is 0.737. The third-order valence-corrected chi connectivity index (χ3v) is 5.77. The lowest BCUT2D eigenvalue weighted by molar-refractivity contribution is -0.0258. The molecule has 2 N–H and O–H groups in total. The first-order valence-corrected chi connectivity index (χ1v) is 9.35. The smallest absolute Gasteiger partial charge is 0.108 e. The van der Waals surface area contributed by atoms with Crippen LogP contribution in [0.3, 0.4) is 0 Å². The quantitative estimate of drug-likeness (QED) is 0.759. The molecule has 0 radical (unpaired) electrons. The first-order chi connectivity index (χ1) is 12.5. The standard InChI is InChI=1S/C21H26N4O/c1-15-5-6-18-20(16(15)2)24-19(23-18)7-11-25-12-8-21(26,9-13-25)17-4-3-10-22-14-17/h3-6,10,14,26H,7-9,11-13H2,1-2H3,(H,23,24). The summed E-state index contributed by atoms with van der Waals surface area (Å²) in [6.45, 7) is 7.00. The number of nitrogens with zero attached hydrogens (tertiary/aromatic N) is 3. The van der Waals surface area contributed by atoms with E-state index in [1.165, 1.54) is 11.1 Å². The Morgan fingerprint density at radius 2 is 2.00 bits per heavy atom. The van der Waals surface area contributed by atoms with Gasteiger partial charge in [-0.2, -0.15) is 0 Å². The van der Waals surface area contributed by atoms with Crippen molar-refractivity contribution in [3.63, 3.8) is 0 Å². The van der Waals surface area contributed by atoms with Crippen LogP contribution in [-0.2, 0) is 12.0 Å². The summed E-state index contributed by atoms with van der Waals surface area (Å²) >= 11 is 0. The van der Waals surface area contributed by atoms with E-state index < -0.39 is 5.60 Å². The number of pyridine rings is 1. The van der Waals surface area contributed by atoms with Gasteiger partial charge in [-0.05, 0) is 49.9 Å². The molecule has 2 aromatic heterocycles. The van der Waals surface area contributed by atoms with E-state index in [2.05, 4.69) is 40.8 Å². The van der Waals surface area contributed by atoms with E-state index in [9.17, 15) is 5.11 Å². The number of aromatic amines is 1. The van der Waals surface area contributed by atoms with E-state index in [0.29, 0.717) is 0 Å². The Morgan fingerprint density at radius 1 is 1.19 bits per heavy atom. The van der Waals surface area contributed by atoms with Gasteiger partial charge >= 0.3 is 0 Å². The van der Waals surface area contributed by atoms with Crippen LogP contribution in [-0.4, -0.2) is 44.6 Å². The second kappa shape index (κ2) is 6.82. The number of hydrogen-bond acceptors (Lipinski definition) is 4. The van der Waals surface area contributed by atoms with Crippen LogP contribution in [0.2, 0.25) is 0 Å². The molecule has 0 atom stereocenters. The van der Waals surface area contributed by atoms with Crippen LogP contribution >= 0.6 is 0 Å². The van der Waals surface area contributed by atoms with E-state index >= 15 is 0 Å².